The molecule has 128 valence electrons. The summed E-state index contributed by atoms with van der Waals surface area (Å²) in [6, 6.07) is 6.13. The molecule has 6 heteroatoms. The lowest BCUT2D eigenvalue weighted by Gasteiger charge is -2.07. The first-order valence-electron chi connectivity index (χ1n) is 7.80. The Morgan fingerprint density at radius 3 is 2.13 bits per heavy atom. The first-order valence-corrected chi connectivity index (χ1v) is 10.3. The highest BCUT2D eigenvalue weighted by Gasteiger charge is 2.16. The molecule has 0 heterocycles. The second-order valence-corrected chi connectivity index (χ2v) is 10.7. The number of aromatic carboxylic acids is 1. The zero-order valence-corrected chi connectivity index (χ0v) is 17.3. The molecule has 0 saturated carbocycles. The zero-order chi connectivity index (χ0) is 17.1. The van der Waals surface area contributed by atoms with E-state index in [0.717, 1.165) is 21.2 Å². The first-order chi connectivity index (χ1) is 11.0. The van der Waals surface area contributed by atoms with Crippen LogP contribution in [0.4, 0.5) is 0 Å². The summed E-state index contributed by atoms with van der Waals surface area (Å²) in [4.78, 5) is 23.0. The smallest absolute Gasteiger partial charge is 0.339 e. The van der Waals surface area contributed by atoms with E-state index in [0.29, 0.717) is 6.61 Å². The lowest BCUT2D eigenvalue weighted by molar-refractivity contribution is 0.0487. The van der Waals surface area contributed by atoms with Crippen molar-refractivity contribution in [3.05, 3.63) is 35.4 Å². The molecule has 1 N–H and O–H groups in total. The molecule has 0 radical (unpaired) electrons. The number of carboxylic acids is 1. The lowest BCUT2D eigenvalue weighted by atomic mass is 10.1. The van der Waals surface area contributed by atoms with Crippen molar-refractivity contribution in [1.29, 1.82) is 0 Å². The van der Waals surface area contributed by atoms with Crippen molar-refractivity contribution in [2.45, 2.75) is 46.9 Å². The average molecular weight is 544 g/mol. The Bertz CT molecular complexity index is 503. The topological polar surface area (TPSA) is 63.6 Å². The molecular formula is C17H22I2O4. The van der Waals surface area contributed by atoms with Crippen molar-refractivity contribution >= 4 is 57.1 Å². The maximum Gasteiger partial charge on any atom is 0.339 e. The van der Waals surface area contributed by atoms with Gasteiger partial charge in [-0.15, -0.1) is 0 Å². The van der Waals surface area contributed by atoms with Gasteiger partial charge in [0.1, 0.15) is 0 Å². The third-order valence-electron chi connectivity index (χ3n) is 3.43. The first kappa shape index (κ1) is 20.7. The second kappa shape index (κ2) is 12.0. The van der Waals surface area contributed by atoms with E-state index in [1.165, 1.54) is 37.8 Å². The SMILES string of the molecule is O=C(O)c1ccccc1C(=O)OCCCCCCCCC(I)I. The molecule has 0 fully saturated rings. The van der Waals surface area contributed by atoms with Crippen molar-refractivity contribution < 1.29 is 19.4 Å². The van der Waals surface area contributed by atoms with Crippen molar-refractivity contribution in [1.82, 2.24) is 0 Å². The highest BCUT2D eigenvalue weighted by molar-refractivity contribution is 14.2. The second-order valence-electron chi connectivity index (χ2n) is 5.29. The minimum atomic E-state index is -1.11. The molecule has 1 aromatic carbocycles. The summed E-state index contributed by atoms with van der Waals surface area (Å²) in [5, 5.41) is 9.05. The standard InChI is InChI=1S/C17H22I2O4/c18-15(19)11-5-3-1-2-4-8-12-23-17(22)14-10-7-6-9-13(14)16(20)21/h6-7,9-10,15H,1-5,8,11-12H2,(H,20,21). The molecule has 1 rings (SSSR count). The van der Waals surface area contributed by atoms with Gasteiger partial charge in [0.15, 0.2) is 0 Å². The van der Waals surface area contributed by atoms with Gasteiger partial charge in [-0.1, -0.05) is 89.4 Å². The van der Waals surface area contributed by atoms with E-state index in [1.54, 1.807) is 12.1 Å². The number of alkyl halides is 2. The van der Waals surface area contributed by atoms with Gasteiger partial charge in [0, 0.05) is 0 Å². The minimum absolute atomic E-state index is 0.0127. The van der Waals surface area contributed by atoms with Crippen LogP contribution in [0.15, 0.2) is 24.3 Å². The van der Waals surface area contributed by atoms with Crippen LogP contribution in [0.3, 0.4) is 0 Å². The Hall–Kier alpha value is -0.380. The Labute approximate surface area is 164 Å². The Morgan fingerprint density at radius 1 is 0.957 bits per heavy atom. The molecule has 0 bridgehead atoms. The molecular weight excluding hydrogens is 522 g/mol. The number of ether oxygens (including phenoxy) is 1. The molecule has 0 aliphatic rings. The molecule has 0 unspecified atom stereocenters. The minimum Gasteiger partial charge on any atom is -0.478 e. The van der Waals surface area contributed by atoms with Crippen LogP contribution in [-0.4, -0.2) is 25.6 Å². The number of benzene rings is 1. The van der Waals surface area contributed by atoms with Gasteiger partial charge in [0.2, 0.25) is 0 Å². The van der Waals surface area contributed by atoms with Gasteiger partial charge >= 0.3 is 11.9 Å². The number of carbonyl (C=O) groups is 2. The van der Waals surface area contributed by atoms with Crippen LogP contribution in [0, 0.1) is 0 Å². The third kappa shape index (κ3) is 8.88. The highest BCUT2D eigenvalue weighted by Crippen LogP contribution is 2.18. The Morgan fingerprint density at radius 2 is 1.52 bits per heavy atom. The van der Waals surface area contributed by atoms with Gasteiger partial charge in [0.25, 0.3) is 0 Å². The van der Waals surface area contributed by atoms with Gasteiger partial charge < -0.3 is 9.84 Å². The third-order valence-corrected chi connectivity index (χ3v) is 4.67. The maximum atomic E-state index is 11.9. The van der Waals surface area contributed by atoms with Gasteiger partial charge in [0.05, 0.1) is 19.7 Å². The van der Waals surface area contributed by atoms with Gasteiger partial charge in [-0.05, 0) is 25.0 Å². The molecule has 4 nitrogen and oxygen atoms in total. The molecule has 0 saturated heterocycles. The Kier molecular flexibility index (Phi) is 10.8. The summed E-state index contributed by atoms with van der Waals surface area (Å²) in [6.45, 7) is 0.344. The number of carboxylic acid groups (broad SMARTS) is 1. The van der Waals surface area contributed by atoms with Gasteiger partial charge in [-0.25, -0.2) is 9.59 Å². The number of carbonyl (C=O) groups excluding carboxylic acids is 1. The molecule has 0 atom stereocenters. The molecule has 0 amide bonds. The van der Waals surface area contributed by atoms with E-state index in [9.17, 15) is 9.59 Å². The van der Waals surface area contributed by atoms with Crippen LogP contribution in [0.1, 0.15) is 65.7 Å². The summed E-state index contributed by atoms with van der Waals surface area (Å²) < 4.78 is 5.89. The number of unbranched alkanes of at least 4 members (excludes halogenated alkanes) is 5. The summed E-state index contributed by atoms with van der Waals surface area (Å²) >= 11 is 4.88. The summed E-state index contributed by atoms with van der Waals surface area (Å²) in [5.41, 5.74) is 0.105. The van der Waals surface area contributed by atoms with Crippen LogP contribution < -0.4 is 0 Å². The normalized spacial score (nSPS) is 10.7. The van der Waals surface area contributed by atoms with E-state index in [4.69, 9.17) is 9.84 Å². The fraction of sp³-hybridized carbons (Fsp3) is 0.529. The van der Waals surface area contributed by atoms with Crippen molar-refractivity contribution in [2.75, 3.05) is 6.61 Å². The van der Waals surface area contributed by atoms with Crippen molar-refractivity contribution in [3.63, 3.8) is 0 Å². The number of hydrogen-bond donors (Lipinski definition) is 1. The zero-order valence-electron chi connectivity index (χ0n) is 13.0. The van der Waals surface area contributed by atoms with Crippen LogP contribution in [-0.2, 0) is 4.74 Å². The number of rotatable bonds is 11. The predicted octanol–water partition coefficient (Wildman–Crippen LogP) is 5.47. The molecule has 0 aromatic heterocycles. The number of halogens is 2. The summed E-state index contributed by atoms with van der Waals surface area (Å²) in [5.74, 6) is -1.67. The predicted molar refractivity (Wildman–Crippen MR) is 108 cm³/mol. The fourth-order valence-corrected chi connectivity index (χ4v) is 3.08. The number of esters is 1. The van der Waals surface area contributed by atoms with E-state index in [2.05, 4.69) is 45.2 Å². The van der Waals surface area contributed by atoms with E-state index in [-0.39, 0.29) is 11.1 Å². The summed E-state index contributed by atoms with van der Waals surface area (Å²) in [6.07, 6.45) is 8.02. The highest BCUT2D eigenvalue weighted by atomic mass is 127. The van der Waals surface area contributed by atoms with E-state index in [1.807, 2.05) is 0 Å². The Balaban J connectivity index is 2.17. The molecule has 1 aromatic rings. The van der Waals surface area contributed by atoms with E-state index >= 15 is 0 Å². The van der Waals surface area contributed by atoms with Gasteiger partial charge in [-0.2, -0.15) is 0 Å². The molecule has 0 spiro atoms. The van der Waals surface area contributed by atoms with E-state index < -0.39 is 11.9 Å². The van der Waals surface area contributed by atoms with Crippen LogP contribution in [0.25, 0.3) is 0 Å². The molecule has 0 aliphatic heterocycles. The molecule has 0 aliphatic carbocycles. The van der Waals surface area contributed by atoms with Gasteiger partial charge in [-0.3, -0.25) is 0 Å². The lowest BCUT2D eigenvalue weighted by Crippen LogP contribution is -2.12. The summed E-state index contributed by atoms with van der Waals surface area (Å²) in [7, 11) is 0. The fourth-order valence-electron chi connectivity index (χ4n) is 2.20. The van der Waals surface area contributed by atoms with Crippen LogP contribution >= 0.6 is 45.2 Å². The number of hydrogen-bond acceptors (Lipinski definition) is 3. The largest absolute Gasteiger partial charge is 0.478 e. The van der Waals surface area contributed by atoms with Crippen LogP contribution in [0.5, 0.6) is 0 Å². The van der Waals surface area contributed by atoms with Crippen LogP contribution in [0.2, 0.25) is 0 Å². The monoisotopic (exact) mass is 544 g/mol. The molecule has 23 heavy (non-hydrogen) atoms. The van der Waals surface area contributed by atoms with Crippen molar-refractivity contribution in [3.8, 4) is 0 Å². The average Bonchev–Trinajstić information content (AvgIpc) is 2.52. The van der Waals surface area contributed by atoms with Crippen molar-refractivity contribution in [2.24, 2.45) is 0 Å². The quantitative estimate of drug-likeness (QED) is 0.174. The maximum absolute atomic E-state index is 11.9.